The lowest BCUT2D eigenvalue weighted by atomic mass is 10.2. The van der Waals surface area contributed by atoms with Gasteiger partial charge < -0.3 is 15.0 Å². The van der Waals surface area contributed by atoms with Crippen LogP contribution in [0.5, 0.6) is 5.75 Å². The third-order valence-corrected chi connectivity index (χ3v) is 7.55. The van der Waals surface area contributed by atoms with Crippen molar-refractivity contribution in [1.82, 2.24) is 9.21 Å². The number of hydrogen-bond acceptors (Lipinski definition) is 5. The van der Waals surface area contributed by atoms with Crippen LogP contribution in [0.2, 0.25) is 0 Å². The number of methoxy groups -OCH3 is 1. The number of nitrogens with one attached hydrogen (secondary N) is 1. The molecule has 1 saturated heterocycles. The van der Waals surface area contributed by atoms with Gasteiger partial charge in [-0.3, -0.25) is 4.79 Å². The van der Waals surface area contributed by atoms with E-state index in [9.17, 15) is 13.2 Å². The van der Waals surface area contributed by atoms with E-state index in [-0.39, 0.29) is 10.8 Å². The van der Waals surface area contributed by atoms with Crippen molar-refractivity contribution in [2.24, 2.45) is 0 Å². The molecule has 7 nitrogen and oxygen atoms in total. The van der Waals surface area contributed by atoms with E-state index in [4.69, 9.17) is 4.74 Å². The molecule has 0 atom stereocenters. The molecule has 3 rings (SSSR count). The Morgan fingerprint density at radius 2 is 1.76 bits per heavy atom. The predicted molar refractivity (Wildman–Crippen MR) is 116 cm³/mol. The van der Waals surface area contributed by atoms with Crippen molar-refractivity contribution in [3.05, 3.63) is 52.5 Å². The van der Waals surface area contributed by atoms with Crippen LogP contribution in [0.1, 0.15) is 17.3 Å². The molecule has 1 amide bonds. The van der Waals surface area contributed by atoms with Crippen LogP contribution in [-0.4, -0.2) is 63.4 Å². The number of nitrogens with zero attached hydrogens (tertiary/aromatic N) is 2. The zero-order chi connectivity index (χ0) is 21.0. The fraction of sp³-hybridized carbons (Fsp3) is 0.350. The first-order chi connectivity index (χ1) is 13.8. The van der Waals surface area contributed by atoms with Crippen molar-refractivity contribution in [2.45, 2.75) is 11.8 Å². The van der Waals surface area contributed by atoms with Gasteiger partial charge in [0, 0.05) is 36.3 Å². The summed E-state index contributed by atoms with van der Waals surface area (Å²) >= 11 is 3.36. The molecule has 9 heteroatoms. The maximum absolute atomic E-state index is 12.9. The number of hydrogen-bond donors (Lipinski definition) is 1. The molecule has 0 aliphatic carbocycles. The van der Waals surface area contributed by atoms with Crippen LogP contribution in [0.25, 0.3) is 0 Å². The highest BCUT2D eigenvalue weighted by Crippen LogP contribution is 2.24. The molecule has 1 N–H and O–H groups in total. The lowest BCUT2D eigenvalue weighted by molar-refractivity contribution is 0.102. The lowest BCUT2D eigenvalue weighted by Crippen LogP contribution is -2.48. The Morgan fingerprint density at radius 3 is 2.34 bits per heavy atom. The minimum atomic E-state index is -3.54. The summed E-state index contributed by atoms with van der Waals surface area (Å²) in [5, 5.41) is 2.78. The molecule has 1 aliphatic heterocycles. The first-order valence-electron chi connectivity index (χ1n) is 9.32. The molecule has 2 aromatic rings. The van der Waals surface area contributed by atoms with E-state index in [0.717, 1.165) is 19.6 Å². The monoisotopic (exact) mass is 481 g/mol. The molecule has 0 unspecified atom stereocenters. The number of halogens is 1. The Hall–Kier alpha value is -1.94. The van der Waals surface area contributed by atoms with Gasteiger partial charge in [-0.1, -0.05) is 6.92 Å². The van der Waals surface area contributed by atoms with Gasteiger partial charge >= 0.3 is 0 Å². The van der Waals surface area contributed by atoms with E-state index < -0.39 is 10.0 Å². The van der Waals surface area contributed by atoms with Crippen LogP contribution < -0.4 is 10.1 Å². The molecule has 0 bridgehead atoms. The lowest BCUT2D eigenvalue weighted by Gasteiger charge is -2.33. The second-order valence-corrected chi connectivity index (χ2v) is 9.45. The maximum atomic E-state index is 12.9. The molecule has 29 heavy (non-hydrogen) atoms. The van der Waals surface area contributed by atoms with Gasteiger partial charge in [-0.25, -0.2) is 8.42 Å². The van der Waals surface area contributed by atoms with E-state index in [2.05, 4.69) is 33.1 Å². The summed E-state index contributed by atoms with van der Waals surface area (Å²) in [5.41, 5.74) is 0.939. The predicted octanol–water partition coefficient (Wildman–Crippen LogP) is 3.04. The SMILES string of the molecule is CCN1CCN(S(=O)(=O)c2ccc(NC(=O)c3cc(OC)ccc3Br)cc2)CC1. The number of carbonyl (C=O) groups excluding carboxylic acids is 1. The summed E-state index contributed by atoms with van der Waals surface area (Å²) in [6.07, 6.45) is 0. The Labute approximate surface area is 179 Å². The van der Waals surface area contributed by atoms with Gasteiger partial charge in [0.05, 0.1) is 17.6 Å². The van der Waals surface area contributed by atoms with Crippen LogP contribution >= 0.6 is 15.9 Å². The Balaban J connectivity index is 1.71. The average molecular weight is 482 g/mol. The van der Waals surface area contributed by atoms with Gasteiger partial charge in [0.25, 0.3) is 5.91 Å². The van der Waals surface area contributed by atoms with Crippen LogP contribution in [-0.2, 0) is 10.0 Å². The van der Waals surface area contributed by atoms with Crippen LogP contribution in [0.4, 0.5) is 5.69 Å². The minimum Gasteiger partial charge on any atom is -0.497 e. The fourth-order valence-corrected chi connectivity index (χ4v) is 5.00. The van der Waals surface area contributed by atoms with Gasteiger partial charge in [0.15, 0.2) is 0 Å². The standard InChI is InChI=1S/C20H24BrN3O4S/c1-3-23-10-12-24(13-11-23)29(26,27)17-7-4-15(5-8-17)22-20(25)18-14-16(28-2)6-9-19(18)21/h4-9,14H,3,10-13H2,1-2H3,(H,22,25). The van der Waals surface area contributed by atoms with Crippen molar-refractivity contribution in [2.75, 3.05) is 45.2 Å². The molecular formula is C20H24BrN3O4S. The van der Waals surface area contributed by atoms with Crippen molar-refractivity contribution >= 4 is 37.5 Å². The van der Waals surface area contributed by atoms with Gasteiger partial charge in [0.1, 0.15) is 5.75 Å². The number of ether oxygens (including phenoxy) is 1. The summed E-state index contributed by atoms with van der Waals surface area (Å²) in [5.74, 6) is 0.255. The van der Waals surface area contributed by atoms with Crippen LogP contribution in [0.15, 0.2) is 51.8 Å². The molecule has 0 spiro atoms. The van der Waals surface area contributed by atoms with Crippen LogP contribution in [0.3, 0.4) is 0 Å². The number of benzene rings is 2. The van der Waals surface area contributed by atoms with Crippen molar-refractivity contribution in [1.29, 1.82) is 0 Å². The summed E-state index contributed by atoms with van der Waals surface area (Å²) in [7, 11) is -2.00. The number of carbonyl (C=O) groups is 1. The van der Waals surface area contributed by atoms with E-state index in [1.807, 2.05) is 0 Å². The third kappa shape index (κ3) is 4.98. The third-order valence-electron chi connectivity index (χ3n) is 4.95. The van der Waals surface area contributed by atoms with Crippen molar-refractivity contribution in [3.63, 3.8) is 0 Å². The first-order valence-corrected chi connectivity index (χ1v) is 11.6. The average Bonchev–Trinajstić information content (AvgIpc) is 2.74. The second kappa shape index (κ2) is 9.25. The normalized spacial score (nSPS) is 15.8. The van der Waals surface area contributed by atoms with E-state index in [1.165, 1.54) is 23.5 Å². The van der Waals surface area contributed by atoms with Crippen LogP contribution in [0, 0.1) is 0 Å². The van der Waals surface area contributed by atoms with Gasteiger partial charge in [-0.15, -0.1) is 0 Å². The van der Waals surface area contributed by atoms with E-state index in [1.54, 1.807) is 30.3 Å². The fourth-order valence-electron chi connectivity index (χ4n) is 3.15. The molecule has 1 fully saturated rings. The largest absolute Gasteiger partial charge is 0.497 e. The molecule has 0 saturated carbocycles. The summed E-state index contributed by atoms with van der Waals surface area (Å²) in [6.45, 7) is 5.43. The summed E-state index contributed by atoms with van der Waals surface area (Å²) in [4.78, 5) is 15.0. The topological polar surface area (TPSA) is 79.0 Å². The van der Waals surface area contributed by atoms with E-state index in [0.29, 0.717) is 34.6 Å². The molecular weight excluding hydrogens is 458 g/mol. The molecule has 1 aliphatic rings. The molecule has 0 radical (unpaired) electrons. The number of anilines is 1. The molecule has 0 aromatic heterocycles. The second-order valence-electron chi connectivity index (χ2n) is 6.66. The van der Waals surface area contributed by atoms with Gasteiger partial charge in [0.2, 0.25) is 10.0 Å². The Bertz CT molecular complexity index is 972. The maximum Gasteiger partial charge on any atom is 0.256 e. The molecule has 156 valence electrons. The Kier molecular flexibility index (Phi) is 6.94. The highest BCUT2D eigenvalue weighted by molar-refractivity contribution is 9.10. The summed E-state index contributed by atoms with van der Waals surface area (Å²) in [6, 6.07) is 11.4. The summed E-state index contributed by atoms with van der Waals surface area (Å²) < 4.78 is 33.0. The zero-order valence-corrected chi connectivity index (χ0v) is 18.8. The van der Waals surface area contributed by atoms with Crippen molar-refractivity contribution < 1.29 is 17.9 Å². The highest BCUT2D eigenvalue weighted by atomic mass is 79.9. The van der Waals surface area contributed by atoms with Gasteiger partial charge in [-0.2, -0.15) is 4.31 Å². The first kappa shape index (κ1) is 21.8. The molecule has 2 aromatic carbocycles. The van der Waals surface area contributed by atoms with Crippen molar-refractivity contribution in [3.8, 4) is 5.75 Å². The smallest absolute Gasteiger partial charge is 0.256 e. The molecule has 1 heterocycles. The van der Waals surface area contributed by atoms with E-state index >= 15 is 0 Å². The quantitative estimate of drug-likeness (QED) is 0.685. The highest BCUT2D eigenvalue weighted by Gasteiger charge is 2.28. The number of piperazine rings is 1. The zero-order valence-electron chi connectivity index (χ0n) is 16.4. The van der Waals surface area contributed by atoms with Gasteiger partial charge in [-0.05, 0) is 64.9 Å². The number of amides is 1. The number of sulfonamides is 1. The number of likely N-dealkylation sites (N-methyl/N-ethyl adjacent to an activating group) is 1. The Morgan fingerprint density at radius 1 is 1.10 bits per heavy atom. The number of rotatable bonds is 6. The minimum absolute atomic E-state index is 0.225.